The molecule has 1 unspecified atom stereocenters. The van der Waals surface area contributed by atoms with E-state index in [1.54, 1.807) is 6.92 Å². The Kier molecular flexibility index (Phi) is 5.32. The molecule has 0 bridgehead atoms. The van der Waals surface area contributed by atoms with Crippen LogP contribution in [0.4, 0.5) is 0 Å². The molecular formula is C18H22O3. The highest BCUT2D eigenvalue weighted by Gasteiger charge is 2.46. The van der Waals surface area contributed by atoms with Gasteiger partial charge in [-0.2, -0.15) is 0 Å². The largest absolute Gasteiger partial charge is 0.465 e. The molecule has 0 spiro atoms. The zero-order valence-electron chi connectivity index (χ0n) is 12.5. The highest BCUT2D eigenvalue weighted by molar-refractivity contribution is 6.04. The van der Waals surface area contributed by atoms with E-state index in [0.717, 1.165) is 18.4 Å². The van der Waals surface area contributed by atoms with Gasteiger partial charge in [0.05, 0.1) is 6.61 Å². The van der Waals surface area contributed by atoms with E-state index in [2.05, 4.69) is 0 Å². The van der Waals surface area contributed by atoms with Crippen LogP contribution in [-0.4, -0.2) is 18.4 Å². The smallest absolute Gasteiger partial charge is 0.319 e. The van der Waals surface area contributed by atoms with Crippen LogP contribution in [0.2, 0.25) is 0 Å². The fourth-order valence-corrected chi connectivity index (χ4v) is 2.84. The van der Waals surface area contributed by atoms with Crippen molar-refractivity contribution in [3.8, 4) is 0 Å². The zero-order valence-corrected chi connectivity index (χ0v) is 12.5. The number of carbonyl (C=O) groups excluding carboxylic acids is 2. The summed E-state index contributed by atoms with van der Waals surface area (Å²) in [6, 6.07) is 9.88. The van der Waals surface area contributed by atoms with Crippen molar-refractivity contribution in [2.45, 2.75) is 39.0 Å². The molecule has 0 amide bonds. The first-order valence-electron chi connectivity index (χ1n) is 7.61. The molecule has 0 aliphatic heterocycles. The summed E-state index contributed by atoms with van der Waals surface area (Å²) in [6.07, 6.45) is 7.19. The quantitative estimate of drug-likeness (QED) is 0.611. The first-order chi connectivity index (χ1) is 10.2. The molecule has 0 heterocycles. The van der Waals surface area contributed by atoms with Gasteiger partial charge in [-0.1, -0.05) is 48.9 Å². The van der Waals surface area contributed by atoms with Crippen LogP contribution in [0.5, 0.6) is 0 Å². The Bertz CT molecular complexity index is 519. The van der Waals surface area contributed by atoms with Gasteiger partial charge < -0.3 is 4.74 Å². The second kappa shape index (κ2) is 7.21. The van der Waals surface area contributed by atoms with Crippen LogP contribution in [0.3, 0.4) is 0 Å². The van der Waals surface area contributed by atoms with E-state index in [9.17, 15) is 9.59 Å². The lowest BCUT2D eigenvalue weighted by atomic mass is 9.70. The minimum absolute atomic E-state index is 0.0323. The van der Waals surface area contributed by atoms with Crippen molar-refractivity contribution in [1.82, 2.24) is 0 Å². The maximum absolute atomic E-state index is 12.3. The number of benzene rings is 1. The molecule has 0 aromatic heterocycles. The molecule has 1 atom stereocenters. The Morgan fingerprint density at radius 2 is 2.05 bits per heavy atom. The molecule has 1 saturated carbocycles. The number of allylic oxidation sites excluding steroid dienone is 1. The molecule has 1 aromatic rings. The topological polar surface area (TPSA) is 43.4 Å². The molecule has 2 rings (SSSR count). The van der Waals surface area contributed by atoms with E-state index in [1.165, 1.54) is 0 Å². The molecule has 1 aliphatic carbocycles. The van der Waals surface area contributed by atoms with Crippen molar-refractivity contribution in [2.75, 3.05) is 6.61 Å². The minimum Gasteiger partial charge on any atom is -0.465 e. The van der Waals surface area contributed by atoms with Crippen LogP contribution in [-0.2, 0) is 14.3 Å². The summed E-state index contributed by atoms with van der Waals surface area (Å²) in [5, 5.41) is 0. The van der Waals surface area contributed by atoms with Gasteiger partial charge in [0.15, 0.2) is 0 Å². The molecule has 0 radical (unpaired) electrons. The lowest BCUT2D eigenvalue weighted by molar-refractivity contribution is -0.162. The van der Waals surface area contributed by atoms with Gasteiger partial charge in [-0.05, 0) is 31.7 Å². The Balaban J connectivity index is 2.14. The summed E-state index contributed by atoms with van der Waals surface area (Å²) in [5.41, 5.74) is 0.110. The number of esters is 1. The average Bonchev–Trinajstić information content (AvgIpc) is 2.50. The van der Waals surface area contributed by atoms with Gasteiger partial charge >= 0.3 is 5.97 Å². The third kappa shape index (κ3) is 3.60. The van der Waals surface area contributed by atoms with Gasteiger partial charge in [-0.15, -0.1) is 0 Å². The lowest BCUT2D eigenvalue weighted by Crippen LogP contribution is -2.42. The van der Waals surface area contributed by atoms with Crippen molar-refractivity contribution in [3.63, 3.8) is 0 Å². The standard InChI is InChI=1S/C18H22O3/c1-2-21-17(20)18(13-7-6-12-16(18)19)14-8-11-15-9-4-3-5-10-15/h3-5,8-11H,2,6-7,12-14H2,1H3. The predicted octanol–water partition coefficient (Wildman–Crippen LogP) is 3.78. The SMILES string of the molecule is CCOC(=O)C1(CC=Cc2ccccc2)CCCCC1=O. The molecule has 1 aromatic carbocycles. The van der Waals surface area contributed by atoms with Crippen LogP contribution in [0.1, 0.15) is 44.6 Å². The van der Waals surface area contributed by atoms with E-state index in [0.29, 0.717) is 25.9 Å². The summed E-state index contributed by atoms with van der Waals surface area (Å²) in [6.45, 7) is 2.09. The van der Waals surface area contributed by atoms with E-state index < -0.39 is 5.41 Å². The van der Waals surface area contributed by atoms with Crippen molar-refractivity contribution >= 4 is 17.8 Å². The van der Waals surface area contributed by atoms with Crippen LogP contribution in [0.15, 0.2) is 36.4 Å². The molecular weight excluding hydrogens is 264 g/mol. The van der Waals surface area contributed by atoms with Gasteiger partial charge in [0.25, 0.3) is 0 Å². The number of hydrogen-bond donors (Lipinski definition) is 0. The fraction of sp³-hybridized carbons (Fsp3) is 0.444. The van der Waals surface area contributed by atoms with E-state index in [4.69, 9.17) is 4.74 Å². The van der Waals surface area contributed by atoms with Crippen LogP contribution in [0, 0.1) is 5.41 Å². The molecule has 112 valence electrons. The van der Waals surface area contributed by atoms with E-state index in [1.807, 2.05) is 42.5 Å². The monoisotopic (exact) mass is 286 g/mol. The molecule has 0 saturated heterocycles. The van der Waals surface area contributed by atoms with Crippen LogP contribution in [0.25, 0.3) is 6.08 Å². The summed E-state index contributed by atoms with van der Waals surface area (Å²) in [4.78, 5) is 24.6. The average molecular weight is 286 g/mol. The Morgan fingerprint density at radius 1 is 1.29 bits per heavy atom. The highest BCUT2D eigenvalue weighted by atomic mass is 16.5. The first-order valence-corrected chi connectivity index (χ1v) is 7.61. The van der Waals surface area contributed by atoms with Gasteiger partial charge in [-0.25, -0.2) is 0 Å². The first kappa shape index (κ1) is 15.5. The molecule has 3 nitrogen and oxygen atoms in total. The second-order valence-electron chi connectivity index (χ2n) is 5.45. The number of hydrogen-bond acceptors (Lipinski definition) is 3. The van der Waals surface area contributed by atoms with Crippen molar-refractivity contribution in [2.24, 2.45) is 5.41 Å². The van der Waals surface area contributed by atoms with E-state index >= 15 is 0 Å². The van der Waals surface area contributed by atoms with Gasteiger partial charge in [-0.3, -0.25) is 9.59 Å². The Morgan fingerprint density at radius 3 is 2.71 bits per heavy atom. The summed E-state index contributed by atoms with van der Waals surface area (Å²) >= 11 is 0. The highest BCUT2D eigenvalue weighted by Crippen LogP contribution is 2.38. The number of rotatable bonds is 5. The number of Topliss-reactive ketones (excluding diaryl/α,β-unsaturated/α-hetero) is 1. The summed E-state index contributed by atoms with van der Waals surface area (Å²) in [5.74, 6) is -0.322. The number of ether oxygens (including phenoxy) is 1. The summed E-state index contributed by atoms with van der Waals surface area (Å²) in [7, 11) is 0. The van der Waals surface area contributed by atoms with Gasteiger partial charge in [0.2, 0.25) is 0 Å². The fourth-order valence-electron chi connectivity index (χ4n) is 2.84. The number of carbonyl (C=O) groups is 2. The number of ketones is 1. The van der Waals surface area contributed by atoms with Crippen molar-refractivity contribution < 1.29 is 14.3 Å². The zero-order chi connectivity index (χ0) is 15.1. The van der Waals surface area contributed by atoms with Gasteiger partial charge in [0.1, 0.15) is 11.2 Å². The maximum Gasteiger partial charge on any atom is 0.319 e. The molecule has 3 heteroatoms. The maximum atomic E-state index is 12.3. The van der Waals surface area contributed by atoms with Crippen molar-refractivity contribution in [3.05, 3.63) is 42.0 Å². The molecule has 21 heavy (non-hydrogen) atoms. The summed E-state index contributed by atoms with van der Waals surface area (Å²) < 4.78 is 5.16. The molecule has 0 N–H and O–H groups in total. The normalized spacial score (nSPS) is 22.4. The van der Waals surface area contributed by atoms with Crippen molar-refractivity contribution in [1.29, 1.82) is 0 Å². The second-order valence-corrected chi connectivity index (χ2v) is 5.45. The third-order valence-electron chi connectivity index (χ3n) is 4.03. The Labute approximate surface area is 126 Å². The molecule has 1 aliphatic rings. The van der Waals surface area contributed by atoms with Crippen LogP contribution >= 0.6 is 0 Å². The lowest BCUT2D eigenvalue weighted by Gasteiger charge is -2.32. The van der Waals surface area contributed by atoms with Crippen LogP contribution < -0.4 is 0 Å². The molecule has 1 fully saturated rings. The third-order valence-corrected chi connectivity index (χ3v) is 4.03. The van der Waals surface area contributed by atoms with E-state index in [-0.39, 0.29) is 11.8 Å². The predicted molar refractivity (Wildman–Crippen MR) is 82.6 cm³/mol. The van der Waals surface area contributed by atoms with Gasteiger partial charge in [0, 0.05) is 6.42 Å². The minimum atomic E-state index is -0.959. The Hall–Kier alpha value is -1.90.